The Bertz CT molecular complexity index is 765. The zero-order chi connectivity index (χ0) is 16.9. The van der Waals surface area contributed by atoms with Crippen LogP contribution in [-0.2, 0) is 4.74 Å². The van der Waals surface area contributed by atoms with Gasteiger partial charge in [-0.2, -0.15) is 0 Å². The number of ether oxygens (including phenoxy) is 1. The molecule has 1 fully saturated rings. The summed E-state index contributed by atoms with van der Waals surface area (Å²) in [6, 6.07) is 12.9. The highest BCUT2D eigenvalue weighted by atomic mass is 16.5. The largest absolute Gasteiger partial charge is 0.478 e. The van der Waals surface area contributed by atoms with E-state index < -0.39 is 5.97 Å². The van der Waals surface area contributed by atoms with Gasteiger partial charge in [0.2, 0.25) is 0 Å². The molecule has 0 radical (unpaired) electrons. The molecule has 2 aromatic carbocycles. The molecule has 24 heavy (non-hydrogen) atoms. The van der Waals surface area contributed by atoms with Gasteiger partial charge in [-0.15, -0.1) is 0 Å². The predicted molar refractivity (Wildman–Crippen MR) is 94.9 cm³/mol. The molecule has 0 amide bonds. The minimum atomic E-state index is -0.946. The van der Waals surface area contributed by atoms with E-state index in [4.69, 9.17) is 9.84 Å². The van der Waals surface area contributed by atoms with Gasteiger partial charge in [0.15, 0.2) is 0 Å². The van der Waals surface area contributed by atoms with Crippen molar-refractivity contribution in [3.8, 4) is 0 Å². The summed E-state index contributed by atoms with van der Waals surface area (Å²) < 4.78 is 5.38. The number of benzene rings is 2. The summed E-state index contributed by atoms with van der Waals surface area (Å²) in [6.07, 6.45) is 1.78. The summed E-state index contributed by atoms with van der Waals surface area (Å²) in [5, 5.41) is 9.03. The van der Waals surface area contributed by atoms with E-state index in [1.165, 1.54) is 5.69 Å². The molecule has 5 heteroatoms. The van der Waals surface area contributed by atoms with E-state index in [9.17, 15) is 4.79 Å². The zero-order valence-corrected chi connectivity index (χ0v) is 13.6. The van der Waals surface area contributed by atoms with E-state index in [0.29, 0.717) is 5.69 Å². The van der Waals surface area contributed by atoms with Crippen LogP contribution < -0.4 is 4.90 Å². The van der Waals surface area contributed by atoms with Crippen molar-refractivity contribution in [1.29, 1.82) is 0 Å². The molecular weight excluding hydrogens is 304 g/mol. The van der Waals surface area contributed by atoms with Crippen LogP contribution in [0.2, 0.25) is 0 Å². The number of aromatic carboxylic acids is 1. The van der Waals surface area contributed by atoms with Crippen molar-refractivity contribution in [2.75, 3.05) is 31.2 Å². The lowest BCUT2D eigenvalue weighted by Crippen LogP contribution is -2.36. The van der Waals surface area contributed by atoms with Crippen molar-refractivity contribution >= 4 is 23.6 Å². The Morgan fingerprint density at radius 2 is 2.00 bits per heavy atom. The summed E-state index contributed by atoms with van der Waals surface area (Å²) in [5.74, 6) is -0.946. The third kappa shape index (κ3) is 3.81. The highest BCUT2D eigenvalue weighted by Gasteiger charge is 2.11. The van der Waals surface area contributed by atoms with Gasteiger partial charge < -0.3 is 14.7 Å². The van der Waals surface area contributed by atoms with Gasteiger partial charge in [-0.05, 0) is 48.4 Å². The maximum Gasteiger partial charge on any atom is 0.335 e. The molecular formula is C19H20N2O3. The Morgan fingerprint density at radius 3 is 2.71 bits per heavy atom. The third-order valence-corrected chi connectivity index (χ3v) is 4.08. The van der Waals surface area contributed by atoms with Crippen LogP contribution in [0.25, 0.3) is 0 Å². The van der Waals surface area contributed by atoms with Crippen LogP contribution >= 0.6 is 0 Å². The third-order valence-electron chi connectivity index (χ3n) is 4.08. The molecule has 1 heterocycles. The van der Waals surface area contributed by atoms with Gasteiger partial charge in [0.25, 0.3) is 0 Å². The van der Waals surface area contributed by atoms with Crippen LogP contribution in [-0.4, -0.2) is 43.6 Å². The number of aliphatic imine (C=N–C) groups is 1. The lowest BCUT2D eigenvalue weighted by molar-refractivity contribution is 0.0697. The molecule has 0 bridgehead atoms. The standard InChI is InChI=1S/C19H20N2O3/c1-14-11-18(21-7-9-24-10-8-21)6-5-16(14)13-20-17-4-2-3-15(12-17)19(22)23/h2-6,11-13H,7-10H2,1H3,(H,22,23). The molecule has 1 saturated heterocycles. The Morgan fingerprint density at radius 1 is 1.21 bits per heavy atom. The zero-order valence-electron chi connectivity index (χ0n) is 13.6. The lowest BCUT2D eigenvalue weighted by Gasteiger charge is -2.29. The molecule has 0 unspecified atom stereocenters. The Kier molecular flexibility index (Phi) is 4.91. The molecule has 0 atom stereocenters. The molecule has 1 aliphatic rings. The fraction of sp³-hybridized carbons (Fsp3) is 0.263. The van der Waals surface area contributed by atoms with E-state index in [1.807, 2.05) is 6.07 Å². The van der Waals surface area contributed by atoms with Gasteiger partial charge >= 0.3 is 5.97 Å². The van der Waals surface area contributed by atoms with E-state index >= 15 is 0 Å². The summed E-state index contributed by atoms with van der Waals surface area (Å²) in [4.78, 5) is 17.7. The fourth-order valence-corrected chi connectivity index (χ4v) is 2.69. The topological polar surface area (TPSA) is 62.1 Å². The van der Waals surface area contributed by atoms with Crippen LogP contribution in [0.15, 0.2) is 47.5 Å². The fourth-order valence-electron chi connectivity index (χ4n) is 2.69. The molecule has 0 aliphatic carbocycles. The number of nitrogens with zero attached hydrogens (tertiary/aromatic N) is 2. The summed E-state index contributed by atoms with van der Waals surface area (Å²) in [6.45, 7) is 5.41. The van der Waals surface area contributed by atoms with Crippen molar-refractivity contribution < 1.29 is 14.6 Å². The van der Waals surface area contributed by atoms with Crippen molar-refractivity contribution in [3.05, 3.63) is 59.2 Å². The number of carboxylic acids is 1. The first-order valence-corrected chi connectivity index (χ1v) is 7.94. The first-order valence-electron chi connectivity index (χ1n) is 7.94. The highest BCUT2D eigenvalue weighted by Crippen LogP contribution is 2.20. The van der Waals surface area contributed by atoms with E-state index in [1.54, 1.807) is 30.5 Å². The van der Waals surface area contributed by atoms with Crippen LogP contribution in [0.3, 0.4) is 0 Å². The van der Waals surface area contributed by atoms with Crippen LogP contribution in [0, 0.1) is 6.92 Å². The second-order valence-corrected chi connectivity index (χ2v) is 5.75. The van der Waals surface area contributed by atoms with Gasteiger partial charge in [0.05, 0.1) is 24.5 Å². The molecule has 124 valence electrons. The predicted octanol–water partition coefficient (Wildman–Crippen LogP) is 3.28. The number of carbonyl (C=O) groups is 1. The van der Waals surface area contributed by atoms with Gasteiger partial charge in [-0.3, -0.25) is 4.99 Å². The lowest BCUT2D eigenvalue weighted by atomic mass is 10.1. The first kappa shape index (κ1) is 16.2. The number of rotatable bonds is 4. The Balaban J connectivity index is 1.77. The minimum Gasteiger partial charge on any atom is -0.478 e. The quantitative estimate of drug-likeness (QED) is 0.877. The average Bonchev–Trinajstić information content (AvgIpc) is 2.61. The normalized spacial score (nSPS) is 15.0. The van der Waals surface area contributed by atoms with Gasteiger partial charge in [0.1, 0.15) is 0 Å². The van der Waals surface area contributed by atoms with Crippen molar-refractivity contribution in [2.24, 2.45) is 4.99 Å². The van der Waals surface area contributed by atoms with Gasteiger partial charge in [-0.25, -0.2) is 4.79 Å². The maximum atomic E-state index is 11.0. The second kappa shape index (κ2) is 7.27. The molecule has 3 rings (SSSR count). The molecule has 2 aromatic rings. The number of hydrogen-bond donors (Lipinski definition) is 1. The van der Waals surface area contributed by atoms with Crippen LogP contribution in [0.1, 0.15) is 21.5 Å². The smallest absolute Gasteiger partial charge is 0.335 e. The van der Waals surface area contributed by atoms with Crippen LogP contribution in [0.4, 0.5) is 11.4 Å². The number of hydrogen-bond acceptors (Lipinski definition) is 4. The molecule has 1 N–H and O–H groups in total. The molecule has 1 aliphatic heterocycles. The Hall–Kier alpha value is -2.66. The molecule has 0 saturated carbocycles. The van der Waals surface area contributed by atoms with Crippen LogP contribution in [0.5, 0.6) is 0 Å². The number of carboxylic acid groups (broad SMARTS) is 1. The Labute approximate surface area is 141 Å². The van der Waals surface area contributed by atoms with Crippen molar-refractivity contribution in [3.63, 3.8) is 0 Å². The second-order valence-electron chi connectivity index (χ2n) is 5.75. The van der Waals surface area contributed by atoms with Gasteiger partial charge in [0, 0.05) is 25.0 Å². The highest BCUT2D eigenvalue weighted by molar-refractivity contribution is 5.89. The molecule has 0 aromatic heterocycles. The van der Waals surface area contributed by atoms with E-state index in [-0.39, 0.29) is 5.56 Å². The number of aryl methyl sites for hydroxylation is 1. The SMILES string of the molecule is Cc1cc(N2CCOCC2)ccc1C=Nc1cccc(C(=O)O)c1. The first-order chi connectivity index (χ1) is 11.6. The summed E-state index contributed by atoms with van der Waals surface area (Å²) >= 11 is 0. The molecule has 5 nitrogen and oxygen atoms in total. The summed E-state index contributed by atoms with van der Waals surface area (Å²) in [5.41, 5.74) is 4.22. The average molecular weight is 324 g/mol. The molecule has 0 spiro atoms. The monoisotopic (exact) mass is 324 g/mol. The van der Waals surface area contributed by atoms with Gasteiger partial charge in [-0.1, -0.05) is 12.1 Å². The maximum absolute atomic E-state index is 11.0. The van der Waals surface area contributed by atoms with E-state index in [0.717, 1.165) is 37.4 Å². The number of anilines is 1. The number of morpholine rings is 1. The van der Waals surface area contributed by atoms with E-state index in [2.05, 4.69) is 28.9 Å². The van der Waals surface area contributed by atoms with Crippen molar-refractivity contribution in [2.45, 2.75) is 6.92 Å². The summed E-state index contributed by atoms with van der Waals surface area (Å²) in [7, 11) is 0. The van der Waals surface area contributed by atoms with Crippen molar-refractivity contribution in [1.82, 2.24) is 0 Å². The minimum absolute atomic E-state index is 0.240.